The van der Waals surface area contributed by atoms with Crippen LogP contribution in [0.1, 0.15) is 43.5 Å². The van der Waals surface area contributed by atoms with Crippen LogP contribution in [0.3, 0.4) is 0 Å². The van der Waals surface area contributed by atoms with E-state index in [2.05, 4.69) is 29.8 Å². The molecule has 0 radical (unpaired) electrons. The minimum Gasteiger partial charge on any atom is -0.309 e. The topological polar surface area (TPSA) is 12.0 Å². The first-order valence-corrected chi connectivity index (χ1v) is 6.56. The number of rotatable bonds is 5. The van der Waals surface area contributed by atoms with E-state index in [1.54, 1.807) is 0 Å². The van der Waals surface area contributed by atoms with Crippen molar-refractivity contribution in [1.29, 1.82) is 0 Å². The summed E-state index contributed by atoms with van der Waals surface area (Å²) in [6.45, 7) is 3.39. The fraction of sp³-hybridized carbons (Fsp3) is 0.667. The highest BCUT2D eigenvalue weighted by Crippen LogP contribution is 2.39. The summed E-state index contributed by atoms with van der Waals surface area (Å²) in [5, 5.41) is 5.87. The summed E-state index contributed by atoms with van der Waals surface area (Å²) in [6, 6.07) is 5.08. The third kappa shape index (κ3) is 2.18. The van der Waals surface area contributed by atoms with Crippen LogP contribution in [0, 0.1) is 5.92 Å². The number of hydrogen-bond donors (Lipinski definition) is 1. The van der Waals surface area contributed by atoms with Gasteiger partial charge in [0.15, 0.2) is 0 Å². The van der Waals surface area contributed by atoms with Crippen molar-refractivity contribution in [1.82, 2.24) is 5.32 Å². The Labute approximate surface area is 90.5 Å². The molecule has 0 aliphatic heterocycles. The van der Waals surface area contributed by atoms with Crippen molar-refractivity contribution >= 4 is 11.3 Å². The van der Waals surface area contributed by atoms with Gasteiger partial charge < -0.3 is 5.32 Å². The number of hydrogen-bond acceptors (Lipinski definition) is 2. The van der Waals surface area contributed by atoms with Crippen LogP contribution in [0.4, 0.5) is 0 Å². The zero-order chi connectivity index (χ0) is 9.80. The molecule has 0 bridgehead atoms. The van der Waals surface area contributed by atoms with E-state index in [4.69, 9.17) is 0 Å². The van der Waals surface area contributed by atoms with Crippen LogP contribution in [0.15, 0.2) is 17.5 Å². The molecule has 78 valence electrons. The van der Waals surface area contributed by atoms with E-state index >= 15 is 0 Å². The second-order valence-electron chi connectivity index (χ2n) is 4.14. The molecule has 0 aromatic carbocycles. The van der Waals surface area contributed by atoms with Crippen molar-refractivity contribution in [2.75, 3.05) is 6.54 Å². The molecule has 1 unspecified atom stereocenters. The van der Waals surface area contributed by atoms with E-state index in [1.165, 1.54) is 30.6 Å². The molecule has 1 aliphatic carbocycles. The lowest BCUT2D eigenvalue weighted by molar-refractivity contribution is 0.234. The molecule has 2 rings (SSSR count). The maximum Gasteiger partial charge on any atom is 0.0443 e. The van der Waals surface area contributed by atoms with Crippen molar-refractivity contribution in [2.24, 2.45) is 5.92 Å². The SMILES string of the molecule is CCCNC(c1cccs1)C1CCC1. The number of thiophene rings is 1. The van der Waals surface area contributed by atoms with Crippen LogP contribution in [-0.4, -0.2) is 6.54 Å². The van der Waals surface area contributed by atoms with Crippen LogP contribution in [0.2, 0.25) is 0 Å². The predicted molar refractivity (Wildman–Crippen MR) is 62.7 cm³/mol. The minimum atomic E-state index is 0.642. The highest BCUT2D eigenvalue weighted by atomic mass is 32.1. The van der Waals surface area contributed by atoms with Crippen molar-refractivity contribution in [2.45, 2.75) is 38.6 Å². The molecule has 1 heterocycles. The Bertz CT molecular complexity index is 251. The summed E-state index contributed by atoms with van der Waals surface area (Å²) in [5.74, 6) is 0.903. The zero-order valence-corrected chi connectivity index (χ0v) is 9.65. The van der Waals surface area contributed by atoms with E-state index < -0.39 is 0 Å². The predicted octanol–water partition coefficient (Wildman–Crippen LogP) is 3.59. The van der Waals surface area contributed by atoms with Crippen LogP contribution in [0.5, 0.6) is 0 Å². The van der Waals surface area contributed by atoms with Gasteiger partial charge in [0.05, 0.1) is 0 Å². The molecule has 1 saturated carbocycles. The van der Waals surface area contributed by atoms with Gasteiger partial charge in [0, 0.05) is 10.9 Å². The van der Waals surface area contributed by atoms with Crippen LogP contribution in [-0.2, 0) is 0 Å². The molecule has 1 aliphatic rings. The Balaban J connectivity index is 1.98. The quantitative estimate of drug-likeness (QED) is 0.781. The third-order valence-corrected chi connectivity index (χ3v) is 4.04. The molecule has 0 spiro atoms. The van der Waals surface area contributed by atoms with E-state index in [1.807, 2.05) is 11.3 Å². The maximum atomic E-state index is 3.68. The van der Waals surface area contributed by atoms with Gasteiger partial charge in [-0.2, -0.15) is 0 Å². The molecular weight excluding hydrogens is 190 g/mol. The first-order chi connectivity index (χ1) is 6.92. The standard InChI is InChI=1S/C12H19NS/c1-2-8-13-12(10-5-3-6-10)11-7-4-9-14-11/h4,7,9-10,12-13H,2-3,5-6,8H2,1H3. The smallest absolute Gasteiger partial charge is 0.0443 e. The van der Waals surface area contributed by atoms with Crippen molar-refractivity contribution in [3.05, 3.63) is 22.4 Å². The molecule has 1 nitrogen and oxygen atoms in total. The fourth-order valence-corrected chi connectivity index (χ4v) is 2.93. The molecule has 1 aromatic heterocycles. The van der Waals surface area contributed by atoms with Crippen LogP contribution >= 0.6 is 11.3 Å². The van der Waals surface area contributed by atoms with Gasteiger partial charge in [-0.25, -0.2) is 0 Å². The summed E-state index contributed by atoms with van der Waals surface area (Å²) in [4.78, 5) is 1.53. The lowest BCUT2D eigenvalue weighted by Crippen LogP contribution is -2.32. The summed E-state index contributed by atoms with van der Waals surface area (Å²) in [5.41, 5.74) is 0. The molecule has 14 heavy (non-hydrogen) atoms. The van der Waals surface area contributed by atoms with Gasteiger partial charge in [0.2, 0.25) is 0 Å². The molecule has 1 fully saturated rings. The lowest BCUT2D eigenvalue weighted by Gasteiger charge is -2.34. The monoisotopic (exact) mass is 209 g/mol. The highest BCUT2D eigenvalue weighted by molar-refractivity contribution is 7.10. The Morgan fingerprint density at radius 1 is 1.57 bits per heavy atom. The third-order valence-electron chi connectivity index (χ3n) is 3.09. The van der Waals surface area contributed by atoms with E-state index in [-0.39, 0.29) is 0 Å². The van der Waals surface area contributed by atoms with Gasteiger partial charge >= 0.3 is 0 Å². The van der Waals surface area contributed by atoms with Gasteiger partial charge in [0.1, 0.15) is 0 Å². The molecule has 2 heteroatoms. The largest absolute Gasteiger partial charge is 0.309 e. The average molecular weight is 209 g/mol. The Morgan fingerprint density at radius 3 is 2.93 bits per heavy atom. The highest BCUT2D eigenvalue weighted by Gasteiger charge is 2.28. The normalized spacial score (nSPS) is 19.2. The van der Waals surface area contributed by atoms with E-state index in [9.17, 15) is 0 Å². The average Bonchev–Trinajstić information content (AvgIpc) is 2.61. The van der Waals surface area contributed by atoms with E-state index in [0.717, 1.165) is 12.5 Å². The van der Waals surface area contributed by atoms with Crippen molar-refractivity contribution in [3.63, 3.8) is 0 Å². The van der Waals surface area contributed by atoms with Gasteiger partial charge in [-0.15, -0.1) is 11.3 Å². The second kappa shape index (κ2) is 4.94. The maximum absolute atomic E-state index is 3.68. The van der Waals surface area contributed by atoms with Gasteiger partial charge in [-0.05, 0) is 43.2 Å². The zero-order valence-electron chi connectivity index (χ0n) is 8.83. The fourth-order valence-electron chi connectivity index (χ4n) is 2.04. The van der Waals surface area contributed by atoms with Gasteiger partial charge in [-0.1, -0.05) is 19.4 Å². The van der Waals surface area contributed by atoms with Crippen LogP contribution in [0.25, 0.3) is 0 Å². The van der Waals surface area contributed by atoms with Gasteiger partial charge in [-0.3, -0.25) is 0 Å². The van der Waals surface area contributed by atoms with Crippen LogP contribution < -0.4 is 5.32 Å². The molecule has 0 amide bonds. The lowest BCUT2D eigenvalue weighted by atomic mass is 9.79. The molecule has 1 N–H and O–H groups in total. The first-order valence-electron chi connectivity index (χ1n) is 5.68. The summed E-state index contributed by atoms with van der Waals surface area (Å²) >= 11 is 1.90. The summed E-state index contributed by atoms with van der Waals surface area (Å²) in [6.07, 6.45) is 5.49. The summed E-state index contributed by atoms with van der Waals surface area (Å²) < 4.78 is 0. The second-order valence-corrected chi connectivity index (χ2v) is 5.12. The molecular formula is C12H19NS. The van der Waals surface area contributed by atoms with Crippen molar-refractivity contribution in [3.8, 4) is 0 Å². The molecule has 1 atom stereocenters. The Morgan fingerprint density at radius 2 is 2.43 bits per heavy atom. The molecule has 1 aromatic rings. The van der Waals surface area contributed by atoms with E-state index in [0.29, 0.717) is 6.04 Å². The molecule has 0 saturated heterocycles. The minimum absolute atomic E-state index is 0.642. The van der Waals surface area contributed by atoms with Gasteiger partial charge in [0.25, 0.3) is 0 Å². The first kappa shape index (κ1) is 10.2. The summed E-state index contributed by atoms with van der Waals surface area (Å²) in [7, 11) is 0. The number of nitrogens with one attached hydrogen (secondary N) is 1. The van der Waals surface area contributed by atoms with Crippen molar-refractivity contribution < 1.29 is 0 Å². The Kier molecular flexibility index (Phi) is 3.60. The Hall–Kier alpha value is -0.340.